The largest absolute Gasteiger partial charge is 0.481 e. The first-order valence-electron chi connectivity index (χ1n) is 6.16. The number of halogens is 1. The average Bonchev–Trinajstić information content (AvgIpc) is 2.36. The van der Waals surface area contributed by atoms with Crippen LogP contribution in [0, 0.1) is 12.8 Å². The van der Waals surface area contributed by atoms with Crippen LogP contribution in [0.3, 0.4) is 0 Å². The Hall–Kier alpha value is -1.36. The van der Waals surface area contributed by atoms with Gasteiger partial charge in [-0.25, -0.2) is 0 Å². The molecule has 0 aliphatic rings. The minimum absolute atomic E-state index is 0.132. The maximum atomic E-state index is 11.9. The number of amides is 1. The van der Waals surface area contributed by atoms with Crippen molar-refractivity contribution in [3.63, 3.8) is 0 Å². The number of carbonyl (C=O) groups excluding carboxylic acids is 1. The Morgan fingerprint density at radius 1 is 1.42 bits per heavy atom. The van der Waals surface area contributed by atoms with Crippen molar-refractivity contribution in [1.82, 2.24) is 5.32 Å². The Bertz CT molecular complexity index is 474. The SMILES string of the molecule is Cc1ccc(C(=O)NCC(C)CCC(=O)O)cc1Br. The van der Waals surface area contributed by atoms with Crippen molar-refractivity contribution < 1.29 is 14.7 Å². The maximum absolute atomic E-state index is 11.9. The lowest BCUT2D eigenvalue weighted by Gasteiger charge is -2.12. The van der Waals surface area contributed by atoms with Gasteiger partial charge in [-0.2, -0.15) is 0 Å². The molecule has 1 unspecified atom stereocenters. The van der Waals surface area contributed by atoms with Gasteiger partial charge in [-0.3, -0.25) is 9.59 Å². The number of rotatable bonds is 6. The second kappa shape index (κ2) is 7.28. The fraction of sp³-hybridized carbons (Fsp3) is 0.429. The van der Waals surface area contributed by atoms with Gasteiger partial charge in [0.2, 0.25) is 0 Å². The number of carboxylic acid groups (broad SMARTS) is 1. The van der Waals surface area contributed by atoms with E-state index in [0.717, 1.165) is 10.0 Å². The highest BCUT2D eigenvalue weighted by Crippen LogP contribution is 2.17. The molecule has 0 radical (unpaired) electrons. The number of benzene rings is 1. The molecule has 0 saturated carbocycles. The molecule has 0 saturated heterocycles. The van der Waals surface area contributed by atoms with Crippen molar-refractivity contribution >= 4 is 27.8 Å². The average molecular weight is 328 g/mol. The van der Waals surface area contributed by atoms with Gasteiger partial charge < -0.3 is 10.4 Å². The highest BCUT2D eigenvalue weighted by molar-refractivity contribution is 9.10. The summed E-state index contributed by atoms with van der Waals surface area (Å²) >= 11 is 3.39. The van der Waals surface area contributed by atoms with Gasteiger partial charge in [0.15, 0.2) is 0 Å². The first-order chi connectivity index (χ1) is 8.90. The highest BCUT2D eigenvalue weighted by atomic mass is 79.9. The van der Waals surface area contributed by atoms with Crippen LogP contribution in [0.4, 0.5) is 0 Å². The van der Waals surface area contributed by atoms with Gasteiger partial charge in [-0.15, -0.1) is 0 Å². The molecular formula is C14H18BrNO3. The van der Waals surface area contributed by atoms with E-state index in [4.69, 9.17) is 5.11 Å². The zero-order valence-electron chi connectivity index (χ0n) is 11.1. The minimum Gasteiger partial charge on any atom is -0.481 e. The fourth-order valence-electron chi connectivity index (χ4n) is 1.58. The minimum atomic E-state index is -0.805. The maximum Gasteiger partial charge on any atom is 0.303 e. The molecule has 4 nitrogen and oxygen atoms in total. The summed E-state index contributed by atoms with van der Waals surface area (Å²) in [4.78, 5) is 22.3. The van der Waals surface area contributed by atoms with Crippen LogP contribution in [-0.4, -0.2) is 23.5 Å². The Morgan fingerprint density at radius 3 is 2.68 bits per heavy atom. The molecule has 0 heterocycles. The first-order valence-corrected chi connectivity index (χ1v) is 6.95. The van der Waals surface area contributed by atoms with Gasteiger partial charge in [0.05, 0.1) is 0 Å². The van der Waals surface area contributed by atoms with Crippen LogP contribution in [-0.2, 0) is 4.79 Å². The summed E-state index contributed by atoms with van der Waals surface area (Å²) in [5.41, 5.74) is 1.68. The van der Waals surface area contributed by atoms with Crippen LogP contribution in [0.1, 0.15) is 35.7 Å². The lowest BCUT2D eigenvalue weighted by atomic mass is 10.1. The van der Waals surface area contributed by atoms with Crippen LogP contribution in [0.2, 0.25) is 0 Å². The Morgan fingerprint density at radius 2 is 2.11 bits per heavy atom. The monoisotopic (exact) mass is 327 g/mol. The van der Waals surface area contributed by atoms with Crippen molar-refractivity contribution in [3.8, 4) is 0 Å². The predicted octanol–water partition coefficient (Wildman–Crippen LogP) is 2.99. The molecule has 0 spiro atoms. The highest BCUT2D eigenvalue weighted by Gasteiger charge is 2.10. The third kappa shape index (κ3) is 5.42. The topological polar surface area (TPSA) is 66.4 Å². The summed E-state index contributed by atoms with van der Waals surface area (Å²) in [5.74, 6) is -0.794. The van der Waals surface area contributed by atoms with Crippen LogP contribution >= 0.6 is 15.9 Å². The zero-order valence-corrected chi connectivity index (χ0v) is 12.7. The van der Waals surface area contributed by atoms with Crippen LogP contribution < -0.4 is 5.32 Å². The summed E-state index contributed by atoms with van der Waals surface area (Å²) in [6, 6.07) is 5.44. The Kier molecular flexibility index (Phi) is 6.02. The van der Waals surface area contributed by atoms with E-state index in [-0.39, 0.29) is 18.2 Å². The third-order valence-electron chi connectivity index (χ3n) is 2.90. The third-order valence-corrected chi connectivity index (χ3v) is 3.75. The molecule has 0 fully saturated rings. The van der Waals surface area contributed by atoms with Crippen molar-refractivity contribution in [3.05, 3.63) is 33.8 Å². The number of carbonyl (C=O) groups is 2. The lowest BCUT2D eigenvalue weighted by Crippen LogP contribution is -2.28. The second-order valence-electron chi connectivity index (χ2n) is 4.71. The standard InChI is InChI=1S/C14H18BrNO3/c1-9(3-6-13(17)18)8-16-14(19)11-5-4-10(2)12(15)7-11/h4-5,7,9H,3,6,8H2,1-2H3,(H,16,19)(H,17,18). The molecule has 5 heteroatoms. The summed E-state index contributed by atoms with van der Waals surface area (Å²) in [7, 11) is 0. The number of aliphatic carboxylic acids is 1. The summed E-state index contributed by atoms with van der Waals surface area (Å²) < 4.78 is 0.902. The number of carboxylic acids is 1. The molecule has 19 heavy (non-hydrogen) atoms. The van der Waals surface area contributed by atoms with Crippen LogP contribution in [0.25, 0.3) is 0 Å². The van der Waals surface area contributed by atoms with Crippen LogP contribution in [0.15, 0.2) is 22.7 Å². The van der Waals surface area contributed by atoms with Gasteiger partial charge in [-0.05, 0) is 37.0 Å². The Balaban J connectivity index is 2.46. The van der Waals surface area contributed by atoms with Gasteiger partial charge in [0, 0.05) is 23.0 Å². The van der Waals surface area contributed by atoms with E-state index in [9.17, 15) is 9.59 Å². The lowest BCUT2D eigenvalue weighted by molar-refractivity contribution is -0.137. The van der Waals surface area contributed by atoms with Crippen molar-refractivity contribution in [2.24, 2.45) is 5.92 Å². The van der Waals surface area contributed by atoms with Gasteiger partial charge in [-0.1, -0.05) is 28.9 Å². The van der Waals surface area contributed by atoms with E-state index < -0.39 is 5.97 Å². The van der Waals surface area contributed by atoms with Crippen molar-refractivity contribution in [2.45, 2.75) is 26.7 Å². The molecule has 1 atom stereocenters. The zero-order chi connectivity index (χ0) is 14.4. The summed E-state index contributed by atoms with van der Waals surface area (Å²) in [6.07, 6.45) is 0.695. The molecule has 2 N–H and O–H groups in total. The van der Waals surface area contributed by atoms with E-state index in [1.165, 1.54) is 0 Å². The molecule has 0 aliphatic heterocycles. The van der Waals surface area contributed by atoms with Crippen molar-refractivity contribution in [1.29, 1.82) is 0 Å². The molecule has 0 aliphatic carbocycles. The van der Waals surface area contributed by atoms with Gasteiger partial charge in [0.1, 0.15) is 0 Å². The molecule has 0 aromatic heterocycles. The van der Waals surface area contributed by atoms with E-state index in [1.54, 1.807) is 12.1 Å². The number of aryl methyl sites for hydroxylation is 1. The molecule has 1 amide bonds. The van der Waals surface area contributed by atoms with E-state index in [0.29, 0.717) is 18.5 Å². The van der Waals surface area contributed by atoms with Gasteiger partial charge >= 0.3 is 5.97 Å². The van der Waals surface area contributed by atoms with E-state index in [2.05, 4.69) is 21.2 Å². The van der Waals surface area contributed by atoms with Crippen LogP contribution in [0.5, 0.6) is 0 Å². The molecule has 1 aromatic rings. The van der Waals surface area contributed by atoms with Gasteiger partial charge in [0.25, 0.3) is 5.91 Å². The summed E-state index contributed by atoms with van der Waals surface area (Å²) in [5, 5.41) is 11.4. The molecule has 104 valence electrons. The second-order valence-corrected chi connectivity index (χ2v) is 5.57. The fourth-order valence-corrected chi connectivity index (χ4v) is 1.95. The first kappa shape index (κ1) is 15.7. The predicted molar refractivity (Wildman–Crippen MR) is 77.2 cm³/mol. The molecule has 1 rings (SSSR count). The Labute approximate surface area is 121 Å². The van der Waals surface area contributed by atoms with Crippen molar-refractivity contribution in [2.75, 3.05) is 6.54 Å². The van der Waals surface area contributed by atoms with E-state index in [1.807, 2.05) is 19.9 Å². The number of nitrogens with one attached hydrogen (secondary N) is 1. The number of hydrogen-bond donors (Lipinski definition) is 2. The molecular weight excluding hydrogens is 310 g/mol. The number of hydrogen-bond acceptors (Lipinski definition) is 2. The summed E-state index contributed by atoms with van der Waals surface area (Å²) in [6.45, 7) is 4.37. The normalized spacial score (nSPS) is 11.9. The quantitative estimate of drug-likeness (QED) is 0.844. The smallest absolute Gasteiger partial charge is 0.303 e. The molecule has 1 aromatic carbocycles. The molecule has 0 bridgehead atoms. The van der Waals surface area contributed by atoms with E-state index >= 15 is 0 Å².